The van der Waals surface area contributed by atoms with E-state index in [9.17, 15) is 23.8 Å². The molecule has 3 saturated heterocycles. The lowest BCUT2D eigenvalue weighted by Gasteiger charge is -2.39. The zero-order chi connectivity index (χ0) is 26.8. The van der Waals surface area contributed by atoms with E-state index in [0.29, 0.717) is 25.2 Å². The van der Waals surface area contributed by atoms with E-state index in [1.807, 2.05) is 0 Å². The number of nitrogens with one attached hydrogen (secondary N) is 3. The van der Waals surface area contributed by atoms with Crippen LogP contribution in [0, 0.1) is 5.92 Å². The summed E-state index contributed by atoms with van der Waals surface area (Å²) in [6.07, 6.45) is 4.76. The van der Waals surface area contributed by atoms with Crippen molar-refractivity contribution in [3.8, 4) is 0 Å². The standard InChI is InChI=1S/C25H42ClF2N3O5S/c1-14(26)18(20-19(32)21-25(34,36-21)23(35-20)37-2)31-22(33)17-6-5-15(9-13-30-17)4-3-12-29-16-7-10-24(27,28)11-8-16/h14-21,23,29-30,32,34H,3-13H2,1-2H3,(H,31,33)/t14-,15-,17-,18+,19?,20+,21?,23?,25-/m0/s1. The summed E-state index contributed by atoms with van der Waals surface area (Å²) in [7, 11) is 0. The Hall–Kier alpha value is -0.270. The summed E-state index contributed by atoms with van der Waals surface area (Å²) in [5.74, 6) is -3.67. The average molecular weight is 570 g/mol. The maximum absolute atomic E-state index is 13.3. The van der Waals surface area contributed by atoms with Gasteiger partial charge in [-0.1, -0.05) is 0 Å². The fraction of sp³-hybridized carbons (Fsp3) is 0.960. The van der Waals surface area contributed by atoms with E-state index < -0.39 is 46.9 Å². The van der Waals surface area contributed by atoms with Crippen molar-refractivity contribution in [1.82, 2.24) is 16.0 Å². The van der Waals surface area contributed by atoms with Gasteiger partial charge in [-0.05, 0) is 77.1 Å². The molecule has 1 amide bonds. The summed E-state index contributed by atoms with van der Waals surface area (Å²) in [6, 6.07) is -0.825. The minimum atomic E-state index is -2.49. The first-order valence-electron chi connectivity index (χ1n) is 13.6. The predicted octanol–water partition coefficient (Wildman–Crippen LogP) is 2.34. The average Bonchev–Trinajstić information content (AvgIpc) is 3.60. The lowest BCUT2D eigenvalue weighted by atomic mass is 9.91. The van der Waals surface area contributed by atoms with E-state index >= 15 is 0 Å². The highest BCUT2D eigenvalue weighted by atomic mass is 35.5. The van der Waals surface area contributed by atoms with Crippen LogP contribution in [0.25, 0.3) is 0 Å². The van der Waals surface area contributed by atoms with Crippen molar-refractivity contribution in [2.75, 3.05) is 19.3 Å². The molecule has 4 fully saturated rings. The molecule has 3 unspecified atom stereocenters. The molecule has 1 saturated carbocycles. The number of aliphatic hydroxyl groups excluding tert-OH is 1. The number of fused-ring (bicyclic) bond motifs is 1. The lowest BCUT2D eigenvalue weighted by molar-refractivity contribution is -0.150. The molecule has 37 heavy (non-hydrogen) atoms. The molecule has 3 aliphatic heterocycles. The van der Waals surface area contributed by atoms with Crippen LogP contribution in [0.2, 0.25) is 0 Å². The number of carbonyl (C=O) groups excluding carboxylic acids is 1. The summed E-state index contributed by atoms with van der Waals surface area (Å²) < 4.78 is 37.9. The fourth-order valence-corrected chi connectivity index (χ4v) is 6.95. The van der Waals surface area contributed by atoms with Gasteiger partial charge < -0.3 is 35.6 Å². The van der Waals surface area contributed by atoms with Crippen LogP contribution in [0.3, 0.4) is 0 Å². The van der Waals surface area contributed by atoms with Gasteiger partial charge in [0.2, 0.25) is 17.6 Å². The quantitative estimate of drug-likeness (QED) is 0.155. The van der Waals surface area contributed by atoms with Gasteiger partial charge in [0.25, 0.3) is 0 Å². The molecular formula is C25H42ClF2N3O5S. The minimum Gasteiger partial charge on any atom is -0.387 e. The molecule has 12 heteroatoms. The summed E-state index contributed by atoms with van der Waals surface area (Å²) >= 11 is 7.71. The largest absolute Gasteiger partial charge is 0.387 e. The van der Waals surface area contributed by atoms with Gasteiger partial charge in [0, 0.05) is 18.9 Å². The van der Waals surface area contributed by atoms with Crippen molar-refractivity contribution < 1.29 is 33.3 Å². The molecule has 8 nitrogen and oxygen atoms in total. The van der Waals surface area contributed by atoms with E-state index in [1.54, 1.807) is 13.2 Å². The maximum Gasteiger partial charge on any atom is 0.248 e. The fourth-order valence-electron chi connectivity index (χ4n) is 5.98. The molecule has 214 valence electrons. The Morgan fingerprint density at radius 2 is 1.97 bits per heavy atom. The van der Waals surface area contributed by atoms with Crippen LogP contribution in [0.5, 0.6) is 0 Å². The second-order valence-corrected chi connectivity index (χ2v) is 12.7. The Kier molecular flexibility index (Phi) is 10.0. The third-order valence-corrected chi connectivity index (χ3v) is 9.51. The number of alkyl halides is 3. The maximum atomic E-state index is 13.3. The number of amides is 1. The third-order valence-electron chi connectivity index (χ3n) is 8.37. The second kappa shape index (κ2) is 12.5. The normalized spacial score (nSPS) is 39.8. The number of hydrogen-bond acceptors (Lipinski definition) is 8. The van der Waals surface area contributed by atoms with Gasteiger partial charge in [0.05, 0.1) is 17.5 Å². The Balaban J connectivity index is 1.20. The first-order chi connectivity index (χ1) is 17.5. The van der Waals surface area contributed by atoms with Crippen molar-refractivity contribution in [3.05, 3.63) is 0 Å². The molecule has 4 aliphatic rings. The topological polar surface area (TPSA) is 115 Å². The first-order valence-corrected chi connectivity index (χ1v) is 15.3. The highest BCUT2D eigenvalue weighted by Gasteiger charge is 2.70. The Bertz CT molecular complexity index is 777. The molecule has 1 aliphatic carbocycles. The molecule has 0 aromatic rings. The number of thioether (sulfide) groups is 1. The van der Waals surface area contributed by atoms with Crippen LogP contribution in [-0.4, -0.2) is 94.4 Å². The van der Waals surface area contributed by atoms with Gasteiger partial charge in [-0.3, -0.25) is 4.79 Å². The molecule has 0 radical (unpaired) electrons. The van der Waals surface area contributed by atoms with Crippen LogP contribution in [0.15, 0.2) is 0 Å². The number of aliphatic hydroxyl groups is 2. The number of epoxide rings is 1. The number of rotatable bonds is 10. The monoisotopic (exact) mass is 569 g/mol. The third kappa shape index (κ3) is 7.28. The van der Waals surface area contributed by atoms with E-state index in [1.165, 1.54) is 11.8 Å². The summed E-state index contributed by atoms with van der Waals surface area (Å²) in [6.45, 7) is 3.31. The number of ether oxygens (including phenoxy) is 2. The van der Waals surface area contributed by atoms with Crippen LogP contribution in [0.1, 0.15) is 64.7 Å². The van der Waals surface area contributed by atoms with Gasteiger partial charge in [-0.25, -0.2) is 8.78 Å². The summed E-state index contributed by atoms with van der Waals surface area (Å²) in [5, 5.41) is 30.4. The van der Waals surface area contributed by atoms with Crippen molar-refractivity contribution >= 4 is 29.3 Å². The van der Waals surface area contributed by atoms with Crippen LogP contribution in [0.4, 0.5) is 8.78 Å². The van der Waals surface area contributed by atoms with Crippen molar-refractivity contribution in [3.63, 3.8) is 0 Å². The molecule has 4 rings (SSSR count). The molecule has 3 heterocycles. The van der Waals surface area contributed by atoms with E-state index in [-0.39, 0.29) is 30.8 Å². The van der Waals surface area contributed by atoms with Gasteiger partial charge >= 0.3 is 0 Å². The van der Waals surface area contributed by atoms with Crippen LogP contribution < -0.4 is 16.0 Å². The minimum absolute atomic E-state index is 0.0215. The number of carbonyl (C=O) groups is 1. The predicted molar refractivity (Wildman–Crippen MR) is 139 cm³/mol. The highest BCUT2D eigenvalue weighted by Crippen LogP contribution is 2.50. The first kappa shape index (κ1) is 29.7. The van der Waals surface area contributed by atoms with E-state index in [2.05, 4.69) is 16.0 Å². The van der Waals surface area contributed by atoms with Gasteiger partial charge in [-0.2, -0.15) is 0 Å². The molecule has 0 spiro atoms. The molecule has 5 N–H and O–H groups in total. The molecule has 0 aromatic heterocycles. The van der Waals surface area contributed by atoms with Crippen molar-refractivity contribution in [2.45, 2.75) is 124 Å². The lowest BCUT2D eigenvalue weighted by Crippen LogP contribution is -2.62. The number of halogens is 3. The molecule has 0 bridgehead atoms. The van der Waals surface area contributed by atoms with Crippen molar-refractivity contribution in [2.24, 2.45) is 5.92 Å². The molecule has 0 aromatic carbocycles. The van der Waals surface area contributed by atoms with E-state index in [0.717, 1.165) is 38.8 Å². The smallest absolute Gasteiger partial charge is 0.248 e. The Labute approximate surface area is 227 Å². The van der Waals surface area contributed by atoms with Crippen molar-refractivity contribution in [1.29, 1.82) is 0 Å². The molecule has 9 atom stereocenters. The van der Waals surface area contributed by atoms with Gasteiger partial charge in [-0.15, -0.1) is 23.4 Å². The zero-order valence-electron chi connectivity index (χ0n) is 21.6. The second-order valence-electron chi connectivity index (χ2n) is 11.1. The Morgan fingerprint density at radius 3 is 2.65 bits per heavy atom. The highest BCUT2D eigenvalue weighted by molar-refractivity contribution is 7.99. The van der Waals surface area contributed by atoms with Crippen LogP contribution in [-0.2, 0) is 14.3 Å². The summed E-state index contributed by atoms with van der Waals surface area (Å²) in [4.78, 5) is 13.2. The summed E-state index contributed by atoms with van der Waals surface area (Å²) in [5.41, 5.74) is -0.675. The van der Waals surface area contributed by atoms with Gasteiger partial charge in [0.15, 0.2) is 5.44 Å². The van der Waals surface area contributed by atoms with Crippen LogP contribution >= 0.6 is 23.4 Å². The number of hydrogen-bond donors (Lipinski definition) is 5. The zero-order valence-corrected chi connectivity index (χ0v) is 23.2. The van der Waals surface area contributed by atoms with Gasteiger partial charge in [0.1, 0.15) is 18.3 Å². The van der Waals surface area contributed by atoms with E-state index in [4.69, 9.17) is 21.1 Å². The molecular weight excluding hydrogens is 528 g/mol. The SMILES string of the molecule is CSC1O[C@H]([C@H](NC(=O)[C@@H]2CC[C@H](CCCNC3CCC(F)(F)CC3)CCN2)[C@H](C)Cl)C(O)C2O[C@]12O. The Morgan fingerprint density at radius 1 is 1.24 bits per heavy atom.